The molecular formula is C65H41N. The average molecular weight is 836 g/mol. The third kappa shape index (κ3) is 5.17. The minimum Gasteiger partial charge on any atom is -0.310 e. The van der Waals surface area contributed by atoms with Crippen LogP contribution < -0.4 is 4.90 Å². The van der Waals surface area contributed by atoms with Crippen LogP contribution in [0.1, 0.15) is 22.3 Å². The summed E-state index contributed by atoms with van der Waals surface area (Å²) in [6.07, 6.45) is 0. The van der Waals surface area contributed by atoms with Gasteiger partial charge in [0.25, 0.3) is 0 Å². The molecule has 11 aromatic rings. The van der Waals surface area contributed by atoms with Gasteiger partial charge in [-0.15, -0.1) is 0 Å². The number of anilines is 3. The van der Waals surface area contributed by atoms with Crippen LogP contribution in [-0.2, 0) is 5.41 Å². The molecule has 0 bridgehead atoms. The maximum absolute atomic E-state index is 2.52. The molecule has 1 heteroatoms. The maximum Gasteiger partial charge on any atom is 0.0726 e. The molecule has 0 heterocycles. The average Bonchev–Trinajstić information content (AvgIpc) is 3.86. The van der Waals surface area contributed by atoms with E-state index < -0.39 is 5.41 Å². The fraction of sp³-hybridized carbons (Fsp3) is 0.0154. The molecule has 14 rings (SSSR count). The van der Waals surface area contributed by atoms with Crippen LogP contribution in [0, 0.1) is 0 Å². The highest BCUT2D eigenvalue weighted by Gasteiger charge is 2.52. The monoisotopic (exact) mass is 835 g/mol. The summed E-state index contributed by atoms with van der Waals surface area (Å²) in [7, 11) is 0. The molecule has 3 aliphatic rings. The quantitative estimate of drug-likeness (QED) is 0.171. The first-order valence-corrected chi connectivity index (χ1v) is 23.0. The number of benzene rings is 11. The molecule has 1 spiro atoms. The van der Waals surface area contributed by atoms with Crippen LogP contribution in [0.3, 0.4) is 0 Å². The van der Waals surface area contributed by atoms with Crippen molar-refractivity contribution in [2.24, 2.45) is 0 Å². The van der Waals surface area contributed by atoms with Crippen LogP contribution in [-0.4, -0.2) is 0 Å². The molecule has 0 aliphatic heterocycles. The first-order chi connectivity index (χ1) is 32.8. The SMILES string of the molecule is c1ccc2c(c1)-c1ccccc1-c1ccc(N(c3ccc(-c4ccc5ccccc5c4)cc3)c3cccc4c3-c3ccccc3C43c4ccccc4-c4ccccc43)cc1-c1ccccc1-2. The molecule has 66 heavy (non-hydrogen) atoms. The van der Waals surface area contributed by atoms with Crippen LogP contribution >= 0.6 is 0 Å². The molecular weight excluding hydrogens is 795 g/mol. The molecule has 0 aromatic heterocycles. The van der Waals surface area contributed by atoms with E-state index in [1.54, 1.807) is 0 Å². The highest BCUT2D eigenvalue weighted by atomic mass is 15.1. The Morgan fingerprint density at radius 1 is 0.242 bits per heavy atom. The van der Waals surface area contributed by atoms with Crippen LogP contribution in [0.5, 0.6) is 0 Å². The highest BCUT2D eigenvalue weighted by molar-refractivity contribution is 6.06. The number of rotatable bonds is 4. The fourth-order valence-electron chi connectivity index (χ4n) is 11.9. The topological polar surface area (TPSA) is 3.24 Å². The smallest absolute Gasteiger partial charge is 0.0726 e. The number of hydrogen-bond acceptors (Lipinski definition) is 1. The van der Waals surface area contributed by atoms with E-state index in [0.29, 0.717) is 0 Å². The van der Waals surface area contributed by atoms with E-state index in [2.05, 4.69) is 254 Å². The van der Waals surface area contributed by atoms with Gasteiger partial charge < -0.3 is 4.90 Å². The lowest BCUT2D eigenvalue weighted by Gasteiger charge is -2.32. The first-order valence-electron chi connectivity index (χ1n) is 23.0. The van der Waals surface area contributed by atoms with Gasteiger partial charge in [0, 0.05) is 16.9 Å². The van der Waals surface area contributed by atoms with Crippen LogP contribution in [0.25, 0.3) is 88.7 Å². The predicted molar refractivity (Wildman–Crippen MR) is 276 cm³/mol. The Labute approximate surface area is 385 Å². The van der Waals surface area contributed by atoms with Crippen molar-refractivity contribution in [1.82, 2.24) is 0 Å². The summed E-state index contributed by atoms with van der Waals surface area (Å²) in [4.78, 5) is 2.52. The van der Waals surface area contributed by atoms with Gasteiger partial charge in [0.2, 0.25) is 0 Å². The predicted octanol–water partition coefficient (Wildman–Crippen LogP) is 17.3. The summed E-state index contributed by atoms with van der Waals surface area (Å²) >= 11 is 0. The molecule has 0 radical (unpaired) electrons. The normalized spacial score (nSPS) is 13.0. The number of hydrogen-bond donors (Lipinski definition) is 0. The van der Waals surface area contributed by atoms with E-state index in [-0.39, 0.29) is 0 Å². The number of fused-ring (bicyclic) bond motifs is 19. The maximum atomic E-state index is 2.52. The minimum absolute atomic E-state index is 0.456. The van der Waals surface area contributed by atoms with Crippen LogP contribution in [0.15, 0.2) is 249 Å². The van der Waals surface area contributed by atoms with E-state index in [9.17, 15) is 0 Å². The van der Waals surface area contributed by atoms with Crippen molar-refractivity contribution >= 4 is 27.8 Å². The molecule has 1 nitrogen and oxygen atoms in total. The second-order valence-corrected chi connectivity index (χ2v) is 17.9. The summed E-state index contributed by atoms with van der Waals surface area (Å²) in [6.45, 7) is 0. The van der Waals surface area contributed by atoms with Gasteiger partial charge in [-0.25, -0.2) is 0 Å². The van der Waals surface area contributed by atoms with Crippen LogP contribution in [0.2, 0.25) is 0 Å². The molecule has 11 aromatic carbocycles. The zero-order valence-electron chi connectivity index (χ0n) is 36.1. The summed E-state index contributed by atoms with van der Waals surface area (Å²) in [5.74, 6) is 0. The zero-order chi connectivity index (χ0) is 43.3. The second-order valence-electron chi connectivity index (χ2n) is 17.9. The largest absolute Gasteiger partial charge is 0.310 e. The van der Waals surface area contributed by atoms with Gasteiger partial charge in [0.15, 0.2) is 0 Å². The molecule has 3 aliphatic carbocycles. The summed E-state index contributed by atoms with van der Waals surface area (Å²) in [5.41, 5.74) is 25.7. The van der Waals surface area contributed by atoms with Gasteiger partial charge in [-0.1, -0.05) is 212 Å². The standard InChI is InChI=1S/C65H41N/c1-2-17-44-40-45(33-32-42(44)16-1)43-34-36-46(37-35-43)66(47-38-39-54-52-22-6-5-20-50(52)48-18-3-4-19-49(48)51-21-7-8-23-53(51)58(54)41-47)63-31-15-30-62-64(63)57-26-11-14-29-61(57)65(62)59-27-12-9-24-55(59)56-25-10-13-28-60(56)65/h1-41H. The summed E-state index contributed by atoms with van der Waals surface area (Å²) in [5, 5.41) is 2.49. The Morgan fingerprint density at radius 3 is 1.26 bits per heavy atom. The molecule has 0 saturated carbocycles. The lowest BCUT2D eigenvalue weighted by atomic mass is 9.70. The first kappa shape index (κ1) is 36.9. The minimum atomic E-state index is -0.456. The fourth-order valence-corrected chi connectivity index (χ4v) is 11.9. The van der Waals surface area contributed by atoms with E-state index in [1.807, 2.05) is 0 Å². The van der Waals surface area contributed by atoms with Gasteiger partial charge in [-0.05, 0) is 142 Å². The number of nitrogens with zero attached hydrogens (tertiary/aromatic N) is 1. The van der Waals surface area contributed by atoms with Crippen molar-refractivity contribution in [3.05, 3.63) is 271 Å². The van der Waals surface area contributed by atoms with Crippen molar-refractivity contribution in [3.63, 3.8) is 0 Å². The second kappa shape index (κ2) is 14.2. The third-order valence-electron chi connectivity index (χ3n) is 14.7. The third-order valence-corrected chi connectivity index (χ3v) is 14.7. The Kier molecular flexibility index (Phi) is 7.97. The molecule has 0 saturated heterocycles. The van der Waals surface area contributed by atoms with E-state index >= 15 is 0 Å². The molecule has 0 amide bonds. The molecule has 306 valence electrons. The van der Waals surface area contributed by atoms with Gasteiger partial charge in [0.05, 0.1) is 11.1 Å². The Morgan fingerprint density at radius 2 is 0.667 bits per heavy atom. The highest BCUT2D eigenvalue weighted by Crippen LogP contribution is 2.65. The van der Waals surface area contributed by atoms with E-state index in [0.717, 1.165) is 17.1 Å². The molecule has 0 N–H and O–H groups in total. The Hall–Kier alpha value is -8.52. The van der Waals surface area contributed by atoms with Gasteiger partial charge in [-0.3, -0.25) is 0 Å². The van der Waals surface area contributed by atoms with Crippen molar-refractivity contribution < 1.29 is 0 Å². The van der Waals surface area contributed by atoms with Crippen molar-refractivity contribution in [3.8, 4) is 77.9 Å². The molecule has 0 fully saturated rings. The van der Waals surface area contributed by atoms with E-state index in [4.69, 9.17) is 0 Å². The van der Waals surface area contributed by atoms with Crippen LogP contribution in [0.4, 0.5) is 17.1 Å². The molecule has 0 atom stereocenters. The zero-order valence-corrected chi connectivity index (χ0v) is 36.1. The van der Waals surface area contributed by atoms with Crippen molar-refractivity contribution in [2.45, 2.75) is 5.41 Å². The Balaban J connectivity index is 1.03. The lowest BCUT2D eigenvalue weighted by molar-refractivity contribution is 0.794. The summed E-state index contributed by atoms with van der Waals surface area (Å²) in [6, 6.07) is 92.9. The van der Waals surface area contributed by atoms with Gasteiger partial charge >= 0.3 is 0 Å². The lowest BCUT2D eigenvalue weighted by Crippen LogP contribution is -2.26. The van der Waals surface area contributed by atoms with Crippen molar-refractivity contribution in [2.75, 3.05) is 4.90 Å². The Bertz CT molecular complexity index is 3730. The van der Waals surface area contributed by atoms with Gasteiger partial charge in [-0.2, -0.15) is 0 Å². The van der Waals surface area contributed by atoms with E-state index in [1.165, 1.54) is 111 Å². The summed E-state index contributed by atoms with van der Waals surface area (Å²) < 4.78 is 0. The van der Waals surface area contributed by atoms with Gasteiger partial charge in [0.1, 0.15) is 0 Å². The molecule has 0 unspecified atom stereocenters. The van der Waals surface area contributed by atoms with Crippen molar-refractivity contribution in [1.29, 1.82) is 0 Å².